The van der Waals surface area contributed by atoms with Gasteiger partial charge in [-0.1, -0.05) is 0 Å². The van der Waals surface area contributed by atoms with Gasteiger partial charge < -0.3 is 19.9 Å². The Morgan fingerprint density at radius 1 is 1.50 bits per heavy atom. The fraction of sp³-hybridized carbons (Fsp3) is 0.750. The molecule has 0 aromatic carbocycles. The zero-order valence-corrected chi connectivity index (χ0v) is 8.28. The molecule has 14 heavy (non-hydrogen) atoms. The zero-order chi connectivity index (χ0) is 11.0. The lowest BCUT2D eigenvalue weighted by atomic mass is 10.4. The minimum atomic E-state index is -1.09. The molecule has 0 saturated heterocycles. The van der Waals surface area contributed by atoms with Crippen LogP contribution in [0.4, 0.5) is 0 Å². The topological polar surface area (TPSA) is 84.9 Å². The average Bonchev–Trinajstić information content (AvgIpc) is 2.14. The van der Waals surface area contributed by atoms with Gasteiger partial charge in [0.1, 0.15) is 6.61 Å². The Hall–Kier alpha value is -1.14. The second-order valence-electron chi connectivity index (χ2n) is 2.63. The number of rotatable bonds is 7. The number of amides is 1. The molecule has 6 nitrogen and oxygen atoms in total. The first-order valence-electron chi connectivity index (χ1n) is 4.18. The van der Waals surface area contributed by atoms with Gasteiger partial charge in [-0.3, -0.25) is 4.79 Å². The Bertz CT molecular complexity index is 194. The third kappa shape index (κ3) is 6.38. The fourth-order valence-corrected chi connectivity index (χ4v) is 0.616. The van der Waals surface area contributed by atoms with Gasteiger partial charge >= 0.3 is 5.97 Å². The maximum absolute atomic E-state index is 11.0. The van der Waals surface area contributed by atoms with E-state index in [9.17, 15) is 9.59 Å². The molecule has 0 unspecified atom stereocenters. The van der Waals surface area contributed by atoms with Crippen LogP contribution in [0.5, 0.6) is 0 Å². The largest absolute Gasteiger partial charge is 0.479 e. The van der Waals surface area contributed by atoms with E-state index in [2.05, 4.69) is 5.32 Å². The molecular weight excluding hydrogens is 190 g/mol. The summed E-state index contributed by atoms with van der Waals surface area (Å²) in [5.41, 5.74) is 0. The zero-order valence-electron chi connectivity index (χ0n) is 8.28. The van der Waals surface area contributed by atoms with Crippen molar-refractivity contribution in [2.75, 3.05) is 26.9 Å². The third-order valence-corrected chi connectivity index (χ3v) is 1.44. The molecule has 0 fully saturated rings. The Kier molecular flexibility index (Phi) is 6.69. The van der Waals surface area contributed by atoms with Crippen LogP contribution in [0.1, 0.15) is 6.92 Å². The molecule has 0 aliphatic heterocycles. The van der Waals surface area contributed by atoms with Gasteiger partial charge in [-0.25, -0.2) is 4.79 Å². The molecule has 0 radical (unpaired) electrons. The predicted molar refractivity (Wildman–Crippen MR) is 47.9 cm³/mol. The van der Waals surface area contributed by atoms with Crippen molar-refractivity contribution in [1.82, 2.24) is 5.32 Å². The lowest BCUT2D eigenvalue weighted by Crippen LogP contribution is -2.33. The smallest absolute Gasteiger partial charge is 0.332 e. The van der Waals surface area contributed by atoms with E-state index in [1.807, 2.05) is 0 Å². The maximum atomic E-state index is 11.0. The summed E-state index contributed by atoms with van der Waals surface area (Å²) in [4.78, 5) is 21.3. The van der Waals surface area contributed by atoms with Crippen LogP contribution in [0.25, 0.3) is 0 Å². The first-order chi connectivity index (χ1) is 6.57. The third-order valence-electron chi connectivity index (χ3n) is 1.44. The second kappa shape index (κ2) is 7.28. The number of aliphatic carboxylic acids is 1. The quantitative estimate of drug-likeness (QED) is 0.533. The van der Waals surface area contributed by atoms with Gasteiger partial charge in [-0.05, 0) is 6.92 Å². The van der Waals surface area contributed by atoms with Crippen LogP contribution in [0.15, 0.2) is 0 Å². The monoisotopic (exact) mass is 205 g/mol. The minimum Gasteiger partial charge on any atom is -0.479 e. The molecule has 82 valence electrons. The Morgan fingerprint density at radius 2 is 2.14 bits per heavy atom. The number of hydrogen-bond acceptors (Lipinski definition) is 4. The lowest BCUT2D eigenvalue weighted by Gasteiger charge is -2.08. The van der Waals surface area contributed by atoms with E-state index in [-0.39, 0.29) is 12.5 Å². The van der Waals surface area contributed by atoms with E-state index in [1.54, 1.807) is 0 Å². The van der Waals surface area contributed by atoms with E-state index in [4.69, 9.17) is 14.6 Å². The summed E-state index contributed by atoms with van der Waals surface area (Å²) in [6, 6.07) is 0. The van der Waals surface area contributed by atoms with Crippen molar-refractivity contribution >= 4 is 11.9 Å². The number of hydrogen-bond donors (Lipinski definition) is 2. The van der Waals surface area contributed by atoms with Crippen LogP contribution in [-0.4, -0.2) is 50.0 Å². The van der Waals surface area contributed by atoms with Crippen LogP contribution in [0.2, 0.25) is 0 Å². The SMILES string of the molecule is COCCNC(=O)CO[C@H](C)C(=O)O. The van der Waals surface area contributed by atoms with E-state index in [0.29, 0.717) is 13.2 Å². The molecule has 2 N–H and O–H groups in total. The van der Waals surface area contributed by atoms with Gasteiger partial charge in [-0.2, -0.15) is 0 Å². The number of carbonyl (C=O) groups is 2. The highest BCUT2D eigenvalue weighted by Crippen LogP contribution is 1.89. The van der Waals surface area contributed by atoms with Crippen LogP contribution in [0.3, 0.4) is 0 Å². The van der Waals surface area contributed by atoms with Gasteiger partial charge in [0.25, 0.3) is 0 Å². The second-order valence-corrected chi connectivity index (χ2v) is 2.63. The Morgan fingerprint density at radius 3 is 2.64 bits per heavy atom. The van der Waals surface area contributed by atoms with Gasteiger partial charge in [0.15, 0.2) is 6.10 Å². The molecule has 0 aromatic heterocycles. The molecule has 1 atom stereocenters. The predicted octanol–water partition coefficient (Wildman–Crippen LogP) is -0.761. The summed E-state index contributed by atoms with van der Waals surface area (Å²) in [6.07, 6.45) is -0.969. The van der Waals surface area contributed by atoms with E-state index in [1.165, 1.54) is 14.0 Å². The first kappa shape index (κ1) is 12.9. The summed E-state index contributed by atoms with van der Waals surface area (Å²) in [6.45, 7) is 1.92. The molecule has 0 spiro atoms. The molecule has 0 heterocycles. The Labute approximate surface area is 82.2 Å². The Balaban J connectivity index is 3.48. The van der Waals surface area contributed by atoms with E-state index < -0.39 is 12.1 Å². The molecule has 0 aliphatic carbocycles. The number of carboxylic acids is 1. The van der Waals surface area contributed by atoms with Gasteiger partial charge in [0.2, 0.25) is 5.91 Å². The summed E-state index contributed by atoms with van der Waals surface area (Å²) < 4.78 is 9.45. The van der Waals surface area contributed by atoms with Crippen molar-refractivity contribution in [3.63, 3.8) is 0 Å². The van der Waals surface area contributed by atoms with E-state index in [0.717, 1.165) is 0 Å². The molecule has 0 bridgehead atoms. The van der Waals surface area contributed by atoms with Gasteiger partial charge in [-0.15, -0.1) is 0 Å². The van der Waals surface area contributed by atoms with Crippen molar-refractivity contribution in [1.29, 1.82) is 0 Å². The summed E-state index contributed by atoms with van der Waals surface area (Å²) >= 11 is 0. The summed E-state index contributed by atoms with van der Waals surface area (Å²) in [5.74, 6) is -1.44. The van der Waals surface area contributed by atoms with Crippen molar-refractivity contribution in [2.45, 2.75) is 13.0 Å². The van der Waals surface area contributed by atoms with Crippen molar-refractivity contribution < 1.29 is 24.2 Å². The number of carboxylic acid groups (broad SMARTS) is 1. The maximum Gasteiger partial charge on any atom is 0.332 e. The highest BCUT2D eigenvalue weighted by molar-refractivity contribution is 5.78. The molecule has 0 rings (SSSR count). The van der Waals surface area contributed by atoms with Crippen LogP contribution in [-0.2, 0) is 19.1 Å². The molecule has 0 aromatic rings. The summed E-state index contributed by atoms with van der Waals surface area (Å²) in [7, 11) is 1.52. The molecule has 0 saturated carbocycles. The van der Waals surface area contributed by atoms with E-state index >= 15 is 0 Å². The van der Waals surface area contributed by atoms with Crippen molar-refractivity contribution in [2.24, 2.45) is 0 Å². The van der Waals surface area contributed by atoms with Crippen molar-refractivity contribution in [3.05, 3.63) is 0 Å². The van der Waals surface area contributed by atoms with Gasteiger partial charge in [0.05, 0.1) is 6.61 Å². The normalized spacial score (nSPS) is 12.1. The fourth-order valence-electron chi connectivity index (χ4n) is 0.616. The number of carbonyl (C=O) groups excluding carboxylic acids is 1. The van der Waals surface area contributed by atoms with Crippen LogP contribution < -0.4 is 5.32 Å². The summed E-state index contributed by atoms with van der Waals surface area (Å²) in [5, 5.41) is 10.9. The average molecular weight is 205 g/mol. The molecule has 6 heteroatoms. The number of nitrogens with one attached hydrogen (secondary N) is 1. The number of ether oxygens (including phenoxy) is 2. The standard InChI is InChI=1S/C8H15NO5/c1-6(8(11)12)14-5-7(10)9-3-4-13-2/h6H,3-5H2,1-2H3,(H,9,10)(H,11,12)/t6-/m1/s1. The van der Waals surface area contributed by atoms with Crippen LogP contribution in [0, 0.1) is 0 Å². The molecular formula is C8H15NO5. The highest BCUT2D eigenvalue weighted by atomic mass is 16.5. The van der Waals surface area contributed by atoms with Crippen LogP contribution >= 0.6 is 0 Å². The highest BCUT2D eigenvalue weighted by Gasteiger charge is 2.12. The number of methoxy groups -OCH3 is 1. The van der Waals surface area contributed by atoms with Gasteiger partial charge in [0, 0.05) is 13.7 Å². The minimum absolute atomic E-state index is 0.253. The first-order valence-corrected chi connectivity index (χ1v) is 4.18. The molecule has 0 aliphatic rings. The molecule has 1 amide bonds. The van der Waals surface area contributed by atoms with Crippen molar-refractivity contribution in [3.8, 4) is 0 Å². The lowest BCUT2D eigenvalue weighted by molar-refractivity contribution is -0.150.